The van der Waals surface area contributed by atoms with E-state index < -0.39 is 0 Å². The molecule has 6 aromatic heterocycles. The van der Waals surface area contributed by atoms with Gasteiger partial charge in [0, 0.05) is 65.6 Å². The molecule has 2 aromatic carbocycles. The van der Waals surface area contributed by atoms with E-state index in [0.29, 0.717) is 57.4 Å². The Labute approximate surface area is 346 Å². The third-order valence-electron chi connectivity index (χ3n) is 8.59. The highest BCUT2D eigenvalue weighted by atomic mass is 79.9. The topological polar surface area (TPSA) is 167 Å². The minimum Gasteiger partial charge on any atom is -0.381 e. The maximum atomic E-state index is 13.2. The van der Waals surface area contributed by atoms with Crippen LogP contribution in [-0.2, 0) is 17.8 Å². The lowest BCUT2D eigenvalue weighted by Crippen LogP contribution is -2.22. The fraction of sp³-hybridized carbons (Fsp3) is 0.179. The number of rotatable bonds is 9. The summed E-state index contributed by atoms with van der Waals surface area (Å²) >= 11 is 6.23. The van der Waals surface area contributed by atoms with Crippen molar-refractivity contribution in [3.05, 3.63) is 135 Å². The van der Waals surface area contributed by atoms with Crippen LogP contribution in [0.4, 0.5) is 13.9 Å². The van der Waals surface area contributed by atoms with Crippen molar-refractivity contribution in [3.8, 4) is 11.4 Å². The predicted octanol–water partition coefficient (Wildman–Crippen LogP) is 7.49. The van der Waals surface area contributed by atoms with E-state index in [2.05, 4.69) is 62.0 Å². The molecule has 0 atom stereocenters. The van der Waals surface area contributed by atoms with E-state index in [0.717, 1.165) is 32.0 Å². The van der Waals surface area contributed by atoms with Crippen LogP contribution < -0.4 is 16.0 Å². The van der Waals surface area contributed by atoms with Crippen molar-refractivity contribution in [2.24, 2.45) is 0 Å². The van der Waals surface area contributed by atoms with Crippen LogP contribution in [0.25, 0.3) is 33.2 Å². The highest BCUT2D eigenvalue weighted by Crippen LogP contribution is 2.24. The summed E-state index contributed by atoms with van der Waals surface area (Å²) in [4.78, 5) is 43.7. The monoisotopic (exact) mass is 885 g/mol. The number of fused-ring (bicyclic) bond motifs is 2. The van der Waals surface area contributed by atoms with E-state index >= 15 is 0 Å². The summed E-state index contributed by atoms with van der Waals surface area (Å²) < 4.78 is 35.3. The molecule has 3 N–H and O–H groups in total. The number of thiazole rings is 2. The maximum absolute atomic E-state index is 13.2. The molecule has 0 saturated carbocycles. The number of ether oxygens (including phenoxy) is 1. The number of aromatic nitrogens is 8. The average molecular weight is 887 g/mol. The summed E-state index contributed by atoms with van der Waals surface area (Å²) in [5, 5.41) is 19.5. The molecule has 7 heterocycles. The maximum Gasteiger partial charge on any atom is 0.253 e. The Bertz CT molecular complexity index is 2640. The molecule has 1 aliphatic rings. The van der Waals surface area contributed by atoms with Crippen LogP contribution in [0.5, 0.6) is 0 Å². The predicted molar refractivity (Wildman–Crippen MR) is 222 cm³/mol. The van der Waals surface area contributed by atoms with Gasteiger partial charge in [-0.05, 0) is 77.3 Å². The molecule has 0 unspecified atom stereocenters. The van der Waals surface area contributed by atoms with Gasteiger partial charge in [0.1, 0.15) is 11.6 Å². The molecule has 0 aliphatic carbocycles. The van der Waals surface area contributed by atoms with E-state index in [1.807, 2.05) is 0 Å². The van der Waals surface area contributed by atoms with Crippen molar-refractivity contribution < 1.29 is 23.1 Å². The number of hydrogen-bond donors (Lipinski definition) is 3. The summed E-state index contributed by atoms with van der Waals surface area (Å²) in [6.07, 6.45) is 15.5. The van der Waals surface area contributed by atoms with Crippen LogP contribution in [0.2, 0.25) is 0 Å². The Morgan fingerprint density at radius 2 is 1.17 bits per heavy atom. The largest absolute Gasteiger partial charge is 0.381 e. The number of anilines is 1. The van der Waals surface area contributed by atoms with Gasteiger partial charge in [-0.3, -0.25) is 19.6 Å². The number of halogens is 3. The molecule has 1 saturated heterocycles. The van der Waals surface area contributed by atoms with E-state index in [9.17, 15) is 18.4 Å². The summed E-state index contributed by atoms with van der Waals surface area (Å²) in [6.45, 7) is 2.76. The van der Waals surface area contributed by atoms with Gasteiger partial charge in [0.25, 0.3) is 11.8 Å². The van der Waals surface area contributed by atoms with Crippen molar-refractivity contribution in [2.45, 2.75) is 25.9 Å². The van der Waals surface area contributed by atoms with Crippen LogP contribution in [0.1, 0.15) is 43.3 Å². The zero-order valence-electron chi connectivity index (χ0n) is 30.7. The highest BCUT2D eigenvalue weighted by molar-refractivity contribution is 9.11. The van der Waals surface area contributed by atoms with E-state index in [1.165, 1.54) is 72.2 Å². The zero-order chi connectivity index (χ0) is 40.4. The third-order valence-corrected chi connectivity index (χ3v) is 11.1. The number of nitrogens with one attached hydrogen (secondary N) is 3. The number of nitrogens with zero attached hydrogens (tertiary/aromatic N) is 8. The Kier molecular flexibility index (Phi) is 13.1. The molecular weight excluding hydrogens is 853 g/mol. The minimum absolute atomic E-state index is 0.244. The van der Waals surface area contributed by atoms with Gasteiger partial charge in [0.05, 0.1) is 71.4 Å². The van der Waals surface area contributed by atoms with Crippen molar-refractivity contribution in [1.29, 1.82) is 0 Å². The summed E-state index contributed by atoms with van der Waals surface area (Å²) in [5.41, 5.74) is 3.58. The first kappa shape index (κ1) is 40.2. The molecule has 8 aromatic rings. The molecule has 0 spiro atoms. The van der Waals surface area contributed by atoms with Gasteiger partial charge in [-0.25, -0.2) is 28.1 Å². The van der Waals surface area contributed by atoms with Crippen LogP contribution >= 0.6 is 38.6 Å². The van der Waals surface area contributed by atoms with Crippen molar-refractivity contribution in [3.63, 3.8) is 0 Å². The van der Waals surface area contributed by atoms with Gasteiger partial charge in [-0.1, -0.05) is 0 Å². The molecular formula is C39H34BrF2N11O3S2. The Hall–Kier alpha value is -6.02. The van der Waals surface area contributed by atoms with E-state index in [4.69, 9.17) is 4.74 Å². The molecule has 296 valence electrons. The van der Waals surface area contributed by atoms with E-state index in [-0.39, 0.29) is 23.4 Å². The smallest absolute Gasteiger partial charge is 0.253 e. The first-order valence-corrected chi connectivity index (χ1v) is 20.2. The second kappa shape index (κ2) is 18.9. The second-order valence-electron chi connectivity index (χ2n) is 12.5. The van der Waals surface area contributed by atoms with Crippen molar-refractivity contribution in [1.82, 2.24) is 50.1 Å². The van der Waals surface area contributed by atoms with Gasteiger partial charge in [-0.15, -0.1) is 22.7 Å². The molecule has 2 amide bonds. The van der Waals surface area contributed by atoms with Crippen LogP contribution in [0, 0.1) is 11.6 Å². The van der Waals surface area contributed by atoms with Gasteiger partial charge < -0.3 is 20.7 Å². The lowest BCUT2D eigenvalue weighted by atomic mass is 10.2. The SMILES string of the molecule is C1CCOC1.CNc1ncc(CNC(=O)c2cncc3c2cnn3-c2ccc(F)cc2)s1.O=C(NCc1cnc(Br)s1)c1cncc2c1cnn2-c1ccc(F)cc1. The van der Waals surface area contributed by atoms with Crippen molar-refractivity contribution >= 4 is 77.4 Å². The second-order valence-corrected chi connectivity index (χ2v) is 16.0. The third kappa shape index (κ3) is 9.74. The lowest BCUT2D eigenvalue weighted by Gasteiger charge is -2.06. The van der Waals surface area contributed by atoms with Gasteiger partial charge in [0.2, 0.25) is 0 Å². The number of benzene rings is 2. The van der Waals surface area contributed by atoms with Gasteiger partial charge in [0.15, 0.2) is 9.05 Å². The standard InChI is InChI=1S/C18H15FN6OS.C17H11BrFN5OS.C4H8O/c1-20-18-23-7-13(27-18)6-22-17(26)15-8-21-10-16-14(15)9-24-25(16)12-4-2-11(19)3-5-12;18-17-22-6-12(26-17)5-21-16(25)14-7-20-9-15-13(14)8-23-24(15)11-3-1-10(19)2-4-11;1-2-4-5-3-1/h2-5,7-10H,6H2,1H3,(H,20,23)(H,22,26);1-4,6-9H,5H2,(H,21,25);1-4H2. The van der Waals surface area contributed by atoms with Crippen LogP contribution in [0.15, 0.2) is 102 Å². The summed E-state index contributed by atoms with van der Waals surface area (Å²) in [5.74, 6) is -1.13. The first-order chi connectivity index (χ1) is 28.3. The fourth-order valence-electron chi connectivity index (χ4n) is 5.73. The van der Waals surface area contributed by atoms with Crippen molar-refractivity contribution in [2.75, 3.05) is 25.6 Å². The number of carbonyl (C=O) groups is 2. The minimum atomic E-state index is -0.321. The Balaban J connectivity index is 0.000000157. The molecule has 1 aliphatic heterocycles. The normalized spacial score (nSPS) is 12.1. The number of carbonyl (C=O) groups excluding carboxylic acids is 2. The molecule has 14 nitrogen and oxygen atoms in total. The van der Waals surface area contributed by atoms with Gasteiger partial charge >= 0.3 is 0 Å². The lowest BCUT2D eigenvalue weighted by molar-refractivity contribution is 0.0944. The first-order valence-electron chi connectivity index (χ1n) is 17.8. The number of pyridine rings is 2. The molecule has 0 radical (unpaired) electrons. The molecule has 19 heteroatoms. The zero-order valence-corrected chi connectivity index (χ0v) is 34.0. The van der Waals surface area contributed by atoms with Crippen LogP contribution in [-0.4, -0.2) is 71.6 Å². The number of hydrogen-bond acceptors (Lipinski definition) is 12. The van der Waals surface area contributed by atoms with Gasteiger partial charge in [-0.2, -0.15) is 10.2 Å². The summed E-state index contributed by atoms with van der Waals surface area (Å²) in [7, 11) is 1.80. The molecule has 1 fully saturated rings. The molecule has 0 bridgehead atoms. The Morgan fingerprint density at radius 3 is 1.59 bits per heavy atom. The van der Waals surface area contributed by atoms with Crippen LogP contribution in [0.3, 0.4) is 0 Å². The average Bonchev–Trinajstić information content (AvgIpc) is 4.11. The fourth-order valence-corrected chi connectivity index (χ4v) is 7.73. The van der Waals surface area contributed by atoms with E-state index in [1.54, 1.807) is 77.9 Å². The summed E-state index contributed by atoms with van der Waals surface area (Å²) in [6, 6.07) is 11.9. The quantitative estimate of drug-likeness (QED) is 0.132. The number of amides is 2. The highest BCUT2D eigenvalue weighted by Gasteiger charge is 2.17. The molecule has 9 rings (SSSR count). The Morgan fingerprint density at radius 1 is 0.690 bits per heavy atom. The molecule has 58 heavy (non-hydrogen) atoms.